The standard InChI is InChI=1S/C14H20ClNO/c1-11(8-9-15)10-16-14(17)12(2)13-6-4-3-5-7-13/h3-7,11-12H,8-10H2,1-2H3,(H,16,17). The molecule has 94 valence electrons. The monoisotopic (exact) mass is 253 g/mol. The average Bonchev–Trinajstić information content (AvgIpc) is 2.36. The van der Waals surface area contributed by atoms with Gasteiger partial charge in [-0.2, -0.15) is 0 Å². The van der Waals surface area contributed by atoms with E-state index in [0.717, 1.165) is 12.0 Å². The Hall–Kier alpha value is -1.02. The second-order valence-corrected chi connectivity index (χ2v) is 4.84. The van der Waals surface area contributed by atoms with Gasteiger partial charge in [-0.3, -0.25) is 4.79 Å². The third-order valence-corrected chi connectivity index (χ3v) is 3.14. The molecule has 0 aliphatic heterocycles. The van der Waals surface area contributed by atoms with Crippen LogP contribution in [-0.2, 0) is 4.79 Å². The minimum atomic E-state index is -0.0978. The topological polar surface area (TPSA) is 29.1 Å². The van der Waals surface area contributed by atoms with Crippen LogP contribution in [0.15, 0.2) is 30.3 Å². The third-order valence-electron chi connectivity index (χ3n) is 2.92. The van der Waals surface area contributed by atoms with Crippen LogP contribution in [0.1, 0.15) is 31.7 Å². The van der Waals surface area contributed by atoms with Gasteiger partial charge in [-0.05, 0) is 24.8 Å². The number of carbonyl (C=O) groups excluding carboxylic acids is 1. The lowest BCUT2D eigenvalue weighted by molar-refractivity contribution is -0.122. The fraction of sp³-hybridized carbons (Fsp3) is 0.500. The number of halogens is 1. The van der Waals surface area contributed by atoms with Crippen molar-refractivity contribution in [2.45, 2.75) is 26.2 Å². The van der Waals surface area contributed by atoms with Gasteiger partial charge in [0.15, 0.2) is 0 Å². The van der Waals surface area contributed by atoms with Gasteiger partial charge in [-0.1, -0.05) is 37.3 Å². The number of carbonyl (C=O) groups is 1. The van der Waals surface area contributed by atoms with E-state index in [9.17, 15) is 4.79 Å². The van der Waals surface area contributed by atoms with Crippen molar-refractivity contribution in [3.8, 4) is 0 Å². The summed E-state index contributed by atoms with van der Waals surface area (Å²) in [6, 6.07) is 9.82. The van der Waals surface area contributed by atoms with Crippen LogP contribution in [0.5, 0.6) is 0 Å². The van der Waals surface area contributed by atoms with Crippen LogP contribution in [0.25, 0.3) is 0 Å². The second kappa shape index (κ2) is 7.33. The highest BCUT2D eigenvalue weighted by atomic mass is 35.5. The van der Waals surface area contributed by atoms with E-state index in [1.54, 1.807) is 0 Å². The molecule has 0 saturated carbocycles. The van der Waals surface area contributed by atoms with Gasteiger partial charge in [0, 0.05) is 12.4 Å². The van der Waals surface area contributed by atoms with Crippen molar-refractivity contribution in [3.63, 3.8) is 0 Å². The van der Waals surface area contributed by atoms with Gasteiger partial charge in [-0.25, -0.2) is 0 Å². The van der Waals surface area contributed by atoms with Crippen molar-refractivity contribution in [3.05, 3.63) is 35.9 Å². The predicted molar refractivity (Wildman–Crippen MR) is 72.4 cm³/mol. The molecule has 3 heteroatoms. The summed E-state index contributed by atoms with van der Waals surface area (Å²) in [7, 11) is 0. The quantitative estimate of drug-likeness (QED) is 0.776. The predicted octanol–water partition coefficient (Wildman–Crippen LogP) is 3.17. The Morgan fingerprint density at radius 1 is 1.29 bits per heavy atom. The molecule has 2 unspecified atom stereocenters. The molecule has 0 bridgehead atoms. The molecule has 0 aromatic heterocycles. The van der Waals surface area contributed by atoms with E-state index in [1.165, 1.54) is 0 Å². The van der Waals surface area contributed by atoms with Gasteiger partial charge in [-0.15, -0.1) is 11.6 Å². The van der Waals surface area contributed by atoms with Crippen molar-refractivity contribution < 1.29 is 4.79 Å². The van der Waals surface area contributed by atoms with Crippen LogP contribution in [0, 0.1) is 5.92 Å². The van der Waals surface area contributed by atoms with Gasteiger partial charge in [0.05, 0.1) is 5.92 Å². The first-order valence-electron chi connectivity index (χ1n) is 6.03. The van der Waals surface area contributed by atoms with E-state index >= 15 is 0 Å². The summed E-state index contributed by atoms with van der Waals surface area (Å²) in [6.07, 6.45) is 0.932. The molecule has 0 fully saturated rings. The summed E-state index contributed by atoms with van der Waals surface area (Å²) >= 11 is 5.66. The first kappa shape index (κ1) is 14.0. The molecule has 0 aliphatic rings. The Bertz CT molecular complexity index is 339. The van der Waals surface area contributed by atoms with Crippen LogP contribution in [0.2, 0.25) is 0 Å². The van der Waals surface area contributed by atoms with Crippen LogP contribution < -0.4 is 5.32 Å². The molecule has 0 spiro atoms. The van der Waals surface area contributed by atoms with E-state index in [4.69, 9.17) is 11.6 Å². The smallest absolute Gasteiger partial charge is 0.227 e. The average molecular weight is 254 g/mol. The minimum absolute atomic E-state index is 0.0811. The van der Waals surface area contributed by atoms with Crippen molar-refractivity contribution in [1.29, 1.82) is 0 Å². The fourth-order valence-electron chi connectivity index (χ4n) is 1.61. The van der Waals surface area contributed by atoms with Crippen molar-refractivity contribution in [2.24, 2.45) is 5.92 Å². The number of benzene rings is 1. The summed E-state index contributed by atoms with van der Waals surface area (Å²) in [6.45, 7) is 4.72. The van der Waals surface area contributed by atoms with Crippen LogP contribution in [-0.4, -0.2) is 18.3 Å². The van der Waals surface area contributed by atoms with Gasteiger partial charge < -0.3 is 5.32 Å². The summed E-state index contributed by atoms with van der Waals surface area (Å²) in [4.78, 5) is 11.9. The maximum absolute atomic E-state index is 11.9. The molecule has 0 aliphatic carbocycles. The normalized spacial score (nSPS) is 14.1. The highest BCUT2D eigenvalue weighted by Gasteiger charge is 2.14. The molecule has 0 saturated heterocycles. The number of nitrogens with one attached hydrogen (secondary N) is 1. The Morgan fingerprint density at radius 2 is 1.94 bits per heavy atom. The van der Waals surface area contributed by atoms with E-state index in [-0.39, 0.29) is 11.8 Å². The van der Waals surface area contributed by atoms with Crippen LogP contribution in [0.4, 0.5) is 0 Å². The highest BCUT2D eigenvalue weighted by molar-refractivity contribution is 6.17. The van der Waals surface area contributed by atoms with E-state index < -0.39 is 0 Å². The van der Waals surface area contributed by atoms with E-state index in [0.29, 0.717) is 18.3 Å². The maximum Gasteiger partial charge on any atom is 0.227 e. The molecule has 2 nitrogen and oxygen atoms in total. The zero-order valence-electron chi connectivity index (χ0n) is 10.4. The van der Waals surface area contributed by atoms with Gasteiger partial charge in [0.2, 0.25) is 5.91 Å². The zero-order chi connectivity index (χ0) is 12.7. The zero-order valence-corrected chi connectivity index (χ0v) is 11.2. The molecule has 1 rings (SSSR count). The van der Waals surface area contributed by atoms with Gasteiger partial charge in [0.25, 0.3) is 0 Å². The molecular formula is C14H20ClNO. The molecule has 1 N–H and O–H groups in total. The second-order valence-electron chi connectivity index (χ2n) is 4.46. The molecule has 2 atom stereocenters. The van der Waals surface area contributed by atoms with Gasteiger partial charge in [0.1, 0.15) is 0 Å². The first-order chi connectivity index (χ1) is 8.15. The lowest BCUT2D eigenvalue weighted by Crippen LogP contribution is -2.31. The number of alkyl halides is 1. The number of rotatable bonds is 6. The number of hydrogen-bond donors (Lipinski definition) is 1. The highest BCUT2D eigenvalue weighted by Crippen LogP contribution is 2.14. The molecular weight excluding hydrogens is 234 g/mol. The van der Waals surface area contributed by atoms with Gasteiger partial charge >= 0.3 is 0 Å². The van der Waals surface area contributed by atoms with E-state index in [2.05, 4.69) is 12.2 Å². The van der Waals surface area contributed by atoms with Crippen LogP contribution >= 0.6 is 11.6 Å². The van der Waals surface area contributed by atoms with E-state index in [1.807, 2.05) is 37.3 Å². The lowest BCUT2D eigenvalue weighted by atomic mass is 10.00. The molecule has 0 heterocycles. The van der Waals surface area contributed by atoms with Crippen molar-refractivity contribution in [2.75, 3.05) is 12.4 Å². The summed E-state index contributed by atoms with van der Waals surface area (Å²) in [5, 5.41) is 2.97. The molecule has 1 aromatic carbocycles. The Balaban J connectivity index is 2.43. The summed E-state index contributed by atoms with van der Waals surface area (Å²) in [5.74, 6) is 1.06. The van der Waals surface area contributed by atoms with Crippen molar-refractivity contribution in [1.82, 2.24) is 5.32 Å². The first-order valence-corrected chi connectivity index (χ1v) is 6.57. The summed E-state index contributed by atoms with van der Waals surface area (Å²) < 4.78 is 0. The van der Waals surface area contributed by atoms with Crippen molar-refractivity contribution >= 4 is 17.5 Å². The largest absolute Gasteiger partial charge is 0.355 e. The summed E-state index contributed by atoms with van der Waals surface area (Å²) in [5.41, 5.74) is 1.05. The molecule has 1 aromatic rings. The third kappa shape index (κ3) is 4.78. The Kier molecular flexibility index (Phi) is 6.06. The Labute approximate surface area is 108 Å². The number of hydrogen-bond acceptors (Lipinski definition) is 1. The molecule has 0 radical (unpaired) electrons. The SMILES string of the molecule is CC(CCCl)CNC(=O)C(C)c1ccccc1. The minimum Gasteiger partial charge on any atom is -0.355 e. The number of amides is 1. The lowest BCUT2D eigenvalue weighted by Gasteiger charge is -2.15. The fourth-order valence-corrected chi connectivity index (χ4v) is 1.98. The maximum atomic E-state index is 11.9. The van der Waals surface area contributed by atoms with Crippen LogP contribution in [0.3, 0.4) is 0 Å². The molecule has 17 heavy (non-hydrogen) atoms. The Morgan fingerprint density at radius 3 is 2.53 bits per heavy atom. The molecule has 1 amide bonds.